The van der Waals surface area contributed by atoms with Gasteiger partial charge < -0.3 is 21.1 Å². The van der Waals surface area contributed by atoms with Gasteiger partial charge in [0.15, 0.2) is 0 Å². The number of carbonyl (C=O) groups excluding carboxylic acids is 3. The van der Waals surface area contributed by atoms with Gasteiger partial charge in [0.2, 0.25) is 11.8 Å². The second kappa shape index (κ2) is 7.96. The third kappa shape index (κ3) is 4.81. The molecule has 130 valence electrons. The average Bonchev–Trinajstić information content (AvgIpc) is 2.60. The lowest BCUT2D eigenvalue weighted by molar-refractivity contribution is -0.114. The molecule has 2 aromatic rings. The Morgan fingerprint density at radius 1 is 1.04 bits per heavy atom. The number of hydrogen-bond donors (Lipinski definition) is 3. The summed E-state index contributed by atoms with van der Waals surface area (Å²) in [7, 11) is 1.32. The van der Waals surface area contributed by atoms with Crippen LogP contribution in [0.15, 0.2) is 42.5 Å². The Morgan fingerprint density at radius 3 is 2.24 bits per heavy atom. The largest absolute Gasteiger partial charge is 0.465 e. The quantitative estimate of drug-likeness (QED) is 0.695. The molecule has 2 amide bonds. The van der Waals surface area contributed by atoms with Crippen molar-refractivity contribution in [1.82, 2.24) is 0 Å². The van der Waals surface area contributed by atoms with Gasteiger partial charge >= 0.3 is 5.97 Å². The zero-order chi connectivity index (χ0) is 18.4. The van der Waals surface area contributed by atoms with E-state index in [1.165, 1.54) is 7.11 Å². The average molecular weight is 341 g/mol. The SMILES string of the molecule is COC(=O)c1ccc(NCC(=O)Nc2ccc(C(N)=O)cc2)c(C)c1. The van der Waals surface area contributed by atoms with Gasteiger partial charge in [0.1, 0.15) is 0 Å². The standard InChI is InChI=1S/C18H19N3O4/c1-11-9-13(18(24)25-2)5-8-15(11)20-10-16(22)21-14-6-3-12(4-7-14)17(19)23/h3-9,20H,10H2,1-2H3,(H2,19,23)(H,21,22). The lowest BCUT2D eigenvalue weighted by atomic mass is 10.1. The second-order valence-electron chi connectivity index (χ2n) is 5.36. The third-order valence-electron chi connectivity index (χ3n) is 3.54. The summed E-state index contributed by atoms with van der Waals surface area (Å²) in [5, 5.41) is 5.72. The highest BCUT2D eigenvalue weighted by Crippen LogP contribution is 2.17. The van der Waals surface area contributed by atoms with E-state index in [2.05, 4.69) is 15.4 Å². The van der Waals surface area contributed by atoms with Crippen LogP contribution >= 0.6 is 0 Å². The van der Waals surface area contributed by atoms with Gasteiger partial charge in [-0.15, -0.1) is 0 Å². The van der Waals surface area contributed by atoms with Crippen LogP contribution in [-0.4, -0.2) is 31.4 Å². The lowest BCUT2D eigenvalue weighted by Gasteiger charge is -2.11. The zero-order valence-electron chi connectivity index (χ0n) is 14.0. The van der Waals surface area contributed by atoms with Crippen LogP contribution in [0.3, 0.4) is 0 Å². The van der Waals surface area contributed by atoms with Crippen molar-refractivity contribution in [3.05, 3.63) is 59.2 Å². The van der Waals surface area contributed by atoms with Crippen molar-refractivity contribution in [3.8, 4) is 0 Å². The predicted octanol–water partition coefficient (Wildman–Crippen LogP) is 1.93. The number of benzene rings is 2. The molecule has 25 heavy (non-hydrogen) atoms. The van der Waals surface area contributed by atoms with Crippen molar-refractivity contribution >= 4 is 29.2 Å². The van der Waals surface area contributed by atoms with E-state index in [0.29, 0.717) is 16.8 Å². The van der Waals surface area contributed by atoms with Crippen molar-refractivity contribution in [2.75, 3.05) is 24.3 Å². The van der Waals surface area contributed by atoms with Gasteiger partial charge in [-0.2, -0.15) is 0 Å². The number of primary amides is 1. The highest BCUT2D eigenvalue weighted by atomic mass is 16.5. The monoisotopic (exact) mass is 341 g/mol. The van der Waals surface area contributed by atoms with E-state index in [-0.39, 0.29) is 12.5 Å². The van der Waals surface area contributed by atoms with Gasteiger partial charge in [0, 0.05) is 16.9 Å². The molecule has 0 aliphatic carbocycles. The first-order valence-electron chi connectivity index (χ1n) is 7.53. The number of carbonyl (C=O) groups is 3. The molecule has 0 unspecified atom stereocenters. The van der Waals surface area contributed by atoms with Gasteiger partial charge in [-0.05, 0) is 55.0 Å². The number of hydrogen-bond acceptors (Lipinski definition) is 5. The summed E-state index contributed by atoms with van der Waals surface area (Å²) in [6.45, 7) is 1.88. The Balaban J connectivity index is 1.93. The van der Waals surface area contributed by atoms with Gasteiger partial charge in [-0.25, -0.2) is 4.79 Å². The van der Waals surface area contributed by atoms with Crippen molar-refractivity contribution in [2.45, 2.75) is 6.92 Å². The number of nitrogens with one attached hydrogen (secondary N) is 2. The molecule has 0 fully saturated rings. The second-order valence-corrected chi connectivity index (χ2v) is 5.36. The van der Waals surface area contributed by atoms with Crippen LogP contribution in [-0.2, 0) is 9.53 Å². The number of amides is 2. The summed E-state index contributed by atoms with van der Waals surface area (Å²) in [5.41, 5.74) is 8.11. The molecule has 0 saturated carbocycles. The zero-order valence-corrected chi connectivity index (χ0v) is 14.0. The molecule has 7 nitrogen and oxygen atoms in total. The lowest BCUT2D eigenvalue weighted by Crippen LogP contribution is -2.22. The van der Waals surface area contributed by atoms with E-state index in [1.807, 2.05) is 6.92 Å². The minimum atomic E-state index is -0.523. The highest BCUT2D eigenvalue weighted by molar-refractivity contribution is 5.96. The van der Waals surface area contributed by atoms with Crippen molar-refractivity contribution < 1.29 is 19.1 Å². The number of anilines is 2. The summed E-state index contributed by atoms with van der Waals surface area (Å²) in [6, 6.07) is 11.3. The van der Waals surface area contributed by atoms with E-state index in [1.54, 1.807) is 42.5 Å². The molecule has 0 atom stereocenters. The molecule has 0 aliphatic heterocycles. The molecule has 0 spiro atoms. The Hall–Kier alpha value is -3.35. The molecule has 0 heterocycles. The van der Waals surface area contributed by atoms with Gasteiger partial charge in [-0.1, -0.05) is 0 Å². The third-order valence-corrected chi connectivity index (χ3v) is 3.54. The molecule has 2 aromatic carbocycles. The number of ether oxygens (including phenoxy) is 1. The van der Waals surface area contributed by atoms with Gasteiger partial charge in [0.25, 0.3) is 0 Å². The van der Waals surface area contributed by atoms with E-state index >= 15 is 0 Å². The smallest absolute Gasteiger partial charge is 0.337 e. The summed E-state index contributed by atoms with van der Waals surface area (Å²) in [5.74, 6) is -1.18. The maximum absolute atomic E-state index is 12.0. The first-order chi connectivity index (χ1) is 11.9. The summed E-state index contributed by atoms with van der Waals surface area (Å²) in [4.78, 5) is 34.5. The van der Waals surface area contributed by atoms with E-state index in [4.69, 9.17) is 5.73 Å². The normalized spacial score (nSPS) is 10.0. The summed E-state index contributed by atoms with van der Waals surface area (Å²) >= 11 is 0. The van der Waals surface area contributed by atoms with Gasteiger partial charge in [0.05, 0.1) is 19.2 Å². The number of rotatable bonds is 6. The van der Waals surface area contributed by atoms with Crippen LogP contribution < -0.4 is 16.4 Å². The Bertz CT molecular complexity index is 800. The number of esters is 1. The molecule has 2 rings (SSSR count). The molecule has 0 bridgehead atoms. The van der Waals surface area contributed by atoms with E-state index in [0.717, 1.165) is 11.3 Å². The Kier molecular flexibility index (Phi) is 5.73. The van der Waals surface area contributed by atoms with Crippen LogP contribution in [0.5, 0.6) is 0 Å². The van der Waals surface area contributed by atoms with Gasteiger partial charge in [-0.3, -0.25) is 9.59 Å². The van der Waals surface area contributed by atoms with Crippen LogP contribution in [0.25, 0.3) is 0 Å². The molecular formula is C18H19N3O4. The molecule has 7 heteroatoms. The van der Waals surface area contributed by atoms with Crippen LogP contribution in [0.2, 0.25) is 0 Å². The highest BCUT2D eigenvalue weighted by Gasteiger charge is 2.09. The number of aryl methyl sites for hydroxylation is 1. The topological polar surface area (TPSA) is 111 Å². The maximum Gasteiger partial charge on any atom is 0.337 e. The maximum atomic E-state index is 12.0. The molecule has 4 N–H and O–H groups in total. The number of methoxy groups -OCH3 is 1. The molecule has 0 aromatic heterocycles. The Labute approximate surface area is 145 Å². The number of nitrogens with two attached hydrogens (primary N) is 1. The fourth-order valence-corrected chi connectivity index (χ4v) is 2.21. The van der Waals surface area contributed by atoms with E-state index in [9.17, 15) is 14.4 Å². The van der Waals surface area contributed by atoms with Crippen molar-refractivity contribution in [3.63, 3.8) is 0 Å². The van der Waals surface area contributed by atoms with Crippen LogP contribution in [0.4, 0.5) is 11.4 Å². The van der Waals surface area contributed by atoms with Crippen LogP contribution in [0, 0.1) is 6.92 Å². The fourth-order valence-electron chi connectivity index (χ4n) is 2.21. The minimum Gasteiger partial charge on any atom is -0.465 e. The molecule has 0 aliphatic rings. The van der Waals surface area contributed by atoms with Crippen molar-refractivity contribution in [1.29, 1.82) is 0 Å². The summed E-state index contributed by atoms with van der Waals surface area (Å²) < 4.78 is 4.67. The molecule has 0 saturated heterocycles. The van der Waals surface area contributed by atoms with Crippen molar-refractivity contribution in [2.24, 2.45) is 5.73 Å². The molecular weight excluding hydrogens is 322 g/mol. The predicted molar refractivity (Wildman–Crippen MR) is 94.6 cm³/mol. The fraction of sp³-hybridized carbons (Fsp3) is 0.167. The minimum absolute atomic E-state index is 0.0516. The first kappa shape index (κ1) is 18.0. The summed E-state index contributed by atoms with van der Waals surface area (Å²) in [6.07, 6.45) is 0. The first-order valence-corrected chi connectivity index (χ1v) is 7.53. The Morgan fingerprint density at radius 2 is 1.68 bits per heavy atom. The van der Waals surface area contributed by atoms with Crippen LogP contribution in [0.1, 0.15) is 26.3 Å². The van der Waals surface area contributed by atoms with E-state index < -0.39 is 11.9 Å². The molecule has 0 radical (unpaired) electrons.